The lowest BCUT2D eigenvalue weighted by atomic mass is 10.2. The second-order valence-electron chi connectivity index (χ2n) is 4.54. The van der Waals surface area contributed by atoms with Crippen molar-refractivity contribution in [3.8, 4) is 0 Å². The zero-order valence-corrected chi connectivity index (χ0v) is 11.3. The van der Waals surface area contributed by atoms with E-state index in [1.807, 2.05) is 18.2 Å². The Morgan fingerprint density at radius 3 is 2.68 bits per heavy atom. The Balaban J connectivity index is 1.78. The molecule has 0 fully saturated rings. The Kier molecular flexibility index (Phi) is 3.13. The van der Waals surface area contributed by atoms with E-state index in [0.29, 0.717) is 11.6 Å². The van der Waals surface area contributed by atoms with E-state index in [2.05, 4.69) is 46.5 Å². The largest absolute Gasteiger partial charge is 0.378 e. The fraction of sp³-hybridized carbons (Fsp3) is 0.133. The van der Waals surface area contributed by atoms with Gasteiger partial charge in [0, 0.05) is 5.69 Å². The summed E-state index contributed by atoms with van der Waals surface area (Å²) in [4.78, 5) is 7.75. The summed E-state index contributed by atoms with van der Waals surface area (Å²) in [5, 5.41) is 4.01. The van der Waals surface area contributed by atoms with Crippen LogP contribution in [0.25, 0.3) is 11.0 Å². The van der Waals surface area contributed by atoms with E-state index in [1.165, 1.54) is 5.56 Å². The van der Waals surface area contributed by atoms with E-state index in [9.17, 15) is 0 Å². The fourth-order valence-corrected chi connectivity index (χ4v) is 2.21. The lowest BCUT2D eigenvalue weighted by molar-refractivity contribution is 1.01. The van der Waals surface area contributed by atoms with E-state index < -0.39 is 0 Å². The molecule has 4 heteroatoms. The van der Waals surface area contributed by atoms with Crippen molar-refractivity contribution in [2.75, 3.05) is 5.32 Å². The average Bonchev–Trinajstić information content (AvgIpc) is 2.83. The van der Waals surface area contributed by atoms with Crippen LogP contribution in [0.15, 0.2) is 42.5 Å². The van der Waals surface area contributed by atoms with Gasteiger partial charge in [0.15, 0.2) is 0 Å². The quantitative estimate of drug-likeness (QED) is 0.752. The van der Waals surface area contributed by atoms with Gasteiger partial charge >= 0.3 is 0 Å². The van der Waals surface area contributed by atoms with Crippen LogP contribution in [0, 0.1) is 6.92 Å². The minimum atomic E-state index is 0.647. The summed E-state index contributed by atoms with van der Waals surface area (Å²) < 4.78 is 0. The summed E-state index contributed by atoms with van der Waals surface area (Å²) in [6.45, 7) is 2.72. The molecule has 0 aliphatic carbocycles. The molecule has 0 saturated carbocycles. The number of nitrogens with one attached hydrogen (secondary N) is 2. The molecule has 0 aliphatic heterocycles. The molecular weight excluding hydrogens is 258 g/mol. The van der Waals surface area contributed by atoms with Gasteiger partial charge in [0.05, 0.1) is 17.1 Å². The Hall–Kier alpha value is -2.00. The third kappa shape index (κ3) is 2.56. The van der Waals surface area contributed by atoms with Gasteiger partial charge in [-0.25, -0.2) is 4.98 Å². The summed E-state index contributed by atoms with van der Waals surface area (Å²) in [6.07, 6.45) is 0. The molecule has 0 bridgehead atoms. The van der Waals surface area contributed by atoms with Gasteiger partial charge in [0.1, 0.15) is 11.3 Å². The van der Waals surface area contributed by atoms with Gasteiger partial charge in [-0.1, -0.05) is 35.4 Å². The number of aryl methyl sites for hydroxylation is 1. The highest BCUT2D eigenvalue weighted by molar-refractivity contribution is 6.34. The average molecular weight is 272 g/mol. The number of nitrogens with zero attached hydrogens (tertiary/aromatic N) is 1. The molecule has 1 aromatic heterocycles. The van der Waals surface area contributed by atoms with Crippen molar-refractivity contribution < 1.29 is 0 Å². The smallest absolute Gasteiger partial charge is 0.126 e. The Labute approximate surface area is 116 Å². The molecule has 2 aromatic carbocycles. The van der Waals surface area contributed by atoms with Gasteiger partial charge in [-0.2, -0.15) is 0 Å². The normalized spacial score (nSPS) is 10.8. The summed E-state index contributed by atoms with van der Waals surface area (Å²) in [7, 11) is 0. The van der Waals surface area contributed by atoms with E-state index >= 15 is 0 Å². The number of para-hydroxylation sites is 1. The minimum Gasteiger partial charge on any atom is -0.378 e. The first-order valence-corrected chi connectivity index (χ1v) is 6.54. The highest BCUT2D eigenvalue weighted by Gasteiger charge is 2.05. The first-order chi connectivity index (χ1) is 9.22. The number of H-pyrrole nitrogens is 1. The first kappa shape index (κ1) is 12.1. The van der Waals surface area contributed by atoms with Crippen molar-refractivity contribution in [1.29, 1.82) is 0 Å². The van der Waals surface area contributed by atoms with Gasteiger partial charge in [-0.3, -0.25) is 0 Å². The van der Waals surface area contributed by atoms with Crippen LogP contribution in [-0.2, 0) is 6.54 Å². The Morgan fingerprint density at radius 2 is 1.95 bits per heavy atom. The molecule has 3 aromatic rings. The minimum absolute atomic E-state index is 0.647. The van der Waals surface area contributed by atoms with Crippen molar-refractivity contribution >= 4 is 28.3 Å². The van der Waals surface area contributed by atoms with Crippen LogP contribution in [-0.4, -0.2) is 9.97 Å². The molecule has 19 heavy (non-hydrogen) atoms. The van der Waals surface area contributed by atoms with Crippen molar-refractivity contribution in [1.82, 2.24) is 9.97 Å². The second-order valence-corrected chi connectivity index (χ2v) is 4.95. The molecule has 96 valence electrons. The van der Waals surface area contributed by atoms with E-state index in [0.717, 1.165) is 22.5 Å². The topological polar surface area (TPSA) is 40.7 Å². The van der Waals surface area contributed by atoms with E-state index in [4.69, 9.17) is 11.6 Å². The van der Waals surface area contributed by atoms with Crippen LogP contribution in [0.5, 0.6) is 0 Å². The maximum atomic E-state index is 6.10. The molecule has 1 heterocycles. The molecule has 3 nitrogen and oxygen atoms in total. The molecule has 3 rings (SSSR count). The molecular formula is C15H14ClN3. The third-order valence-corrected chi connectivity index (χ3v) is 3.33. The number of imidazole rings is 1. The maximum Gasteiger partial charge on any atom is 0.126 e. The number of hydrogen-bond donors (Lipinski definition) is 2. The first-order valence-electron chi connectivity index (χ1n) is 6.16. The number of aromatic nitrogens is 2. The number of benzene rings is 2. The molecule has 0 radical (unpaired) electrons. The third-order valence-electron chi connectivity index (χ3n) is 3.02. The van der Waals surface area contributed by atoms with Crippen LogP contribution >= 0.6 is 11.6 Å². The standard InChI is InChI=1S/C15H14ClN3/c1-10-5-7-11(8-6-10)17-9-14-18-13-4-2-3-12(16)15(13)19-14/h2-8,17H,9H2,1H3,(H,18,19). The number of halogens is 1. The van der Waals surface area contributed by atoms with Crippen molar-refractivity contribution in [3.63, 3.8) is 0 Å². The van der Waals surface area contributed by atoms with Crippen molar-refractivity contribution in [2.45, 2.75) is 13.5 Å². The fourth-order valence-electron chi connectivity index (χ4n) is 1.99. The lowest BCUT2D eigenvalue weighted by Crippen LogP contribution is -2.00. The van der Waals surface area contributed by atoms with Crippen LogP contribution < -0.4 is 5.32 Å². The lowest BCUT2D eigenvalue weighted by Gasteiger charge is -2.04. The van der Waals surface area contributed by atoms with Crippen LogP contribution in [0.4, 0.5) is 5.69 Å². The molecule has 0 atom stereocenters. The maximum absolute atomic E-state index is 6.10. The van der Waals surface area contributed by atoms with Crippen LogP contribution in [0.2, 0.25) is 5.02 Å². The van der Waals surface area contributed by atoms with Crippen LogP contribution in [0.1, 0.15) is 11.4 Å². The van der Waals surface area contributed by atoms with Gasteiger partial charge in [0.2, 0.25) is 0 Å². The molecule has 0 unspecified atom stereocenters. The zero-order valence-electron chi connectivity index (χ0n) is 10.6. The molecule has 0 aliphatic rings. The highest BCUT2D eigenvalue weighted by Crippen LogP contribution is 2.21. The predicted octanol–water partition coefficient (Wildman–Crippen LogP) is 4.14. The van der Waals surface area contributed by atoms with Crippen LogP contribution in [0.3, 0.4) is 0 Å². The summed E-state index contributed by atoms with van der Waals surface area (Å²) in [6, 6.07) is 14.0. The predicted molar refractivity (Wildman–Crippen MR) is 79.6 cm³/mol. The summed E-state index contributed by atoms with van der Waals surface area (Å²) in [5.74, 6) is 0.878. The summed E-state index contributed by atoms with van der Waals surface area (Å²) in [5.41, 5.74) is 4.12. The zero-order chi connectivity index (χ0) is 13.2. The number of hydrogen-bond acceptors (Lipinski definition) is 2. The van der Waals surface area contributed by atoms with Gasteiger partial charge < -0.3 is 10.3 Å². The molecule has 0 spiro atoms. The summed E-state index contributed by atoms with van der Waals surface area (Å²) >= 11 is 6.10. The van der Waals surface area contributed by atoms with E-state index in [1.54, 1.807) is 0 Å². The highest BCUT2D eigenvalue weighted by atomic mass is 35.5. The molecule has 2 N–H and O–H groups in total. The van der Waals surface area contributed by atoms with Crippen molar-refractivity contribution in [2.24, 2.45) is 0 Å². The Bertz CT molecular complexity index is 701. The van der Waals surface area contributed by atoms with E-state index in [-0.39, 0.29) is 0 Å². The Morgan fingerprint density at radius 1 is 1.16 bits per heavy atom. The second kappa shape index (κ2) is 4.94. The molecule has 0 amide bonds. The molecule has 0 saturated heterocycles. The van der Waals surface area contributed by atoms with Gasteiger partial charge in [-0.15, -0.1) is 0 Å². The van der Waals surface area contributed by atoms with Crippen molar-refractivity contribution in [3.05, 3.63) is 58.9 Å². The number of anilines is 1. The van der Waals surface area contributed by atoms with Gasteiger partial charge in [-0.05, 0) is 31.2 Å². The number of rotatable bonds is 3. The van der Waals surface area contributed by atoms with Gasteiger partial charge in [0.25, 0.3) is 0 Å². The number of aromatic amines is 1. The SMILES string of the molecule is Cc1ccc(NCc2nc3c(Cl)cccc3[nH]2)cc1. The number of fused-ring (bicyclic) bond motifs is 1. The monoisotopic (exact) mass is 271 g/mol.